The molecule has 5 nitrogen and oxygen atoms in total. The number of rotatable bonds is 10. The highest BCUT2D eigenvalue weighted by atomic mass is 35.5. The molecule has 0 aliphatic rings. The van der Waals surface area contributed by atoms with Crippen LogP contribution in [0.1, 0.15) is 51.3 Å². The lowest BCUT2D eigenvalue weighted by molar-refractivity contribution is -0.143. The van der Waals surface area contributed by atoms with Crippen molar-refractivity contribution in [1.29, 1.82) is 0 Å². The largest absolute Gasteiger partial charge is 0.484 e. The maximum absolute atomic E-state index is 13.6. The van der Waals surface area contributed by atoms with Crippen molar-refractivity contribution < 1.29 is 14.3 Å². The Morgan fingerprint density at radius 3 is 2.08 bits per heavy atom. The van der Waals surface area contributed by atoms with Gasteiger partial charge in [0, 0.05) is 24.0 Å². The first-order valence-electron chi connectivity index (χ1n) is 12.6. The first kappa shape index (κ1) is 28.3. The minimum absolute atomic E-state index is 0.0260. The van der Waals surface area contributed by atoms with Gasteiger partial charge in [0.15, 0.2) is 6.61 Å². The van der Waals surface area contributed by atoms with Crippen molar-refractivity contribution in [3.8, 4) is 5.75 Å². The summed E-state index contributed by atoms with van der Waals surface area (Å²) in [5.74, 6) is 0.143. The van der Waals surface area contributed by atoms with Crippen LogP contribution in [0.4, 0.5) is 0 Å². The Morgan fingerprint density at radius 1 is 0.892 bits per heavy atom. The Bertz CT molecular complexity index is 1150. The van der Waals surface area contributed by atoms with Gasteiger partial charge in [-0.2, -0.15) is 0 Å². The van der Waals surface area contributed by atoms with E-state index >= 15 is 0 Å². The van der Waals surface area contributed by atoms with Gasteiger partial charge in [0.1, 0.15) is 11.8 Å². The molecule has 1 N–H and O–H groups in total. The SMILES string of the molecule is CC(C)NC(=O)[C@@H](Cc1ccccc1)N(Cc1ccc(Cl)cc1)C(=O)COc1ccc(C(C)(C)C)cc1. The van der Waals surface area contributed by atoms with Crippen LogP contribution in [0, 0.1) is 0 Å². The molecule has 0 aliphatic heterocycles. The molecule has 0 saturated carbocycles. The van der Waals surface area contributed by atoms with Gasteiger partial charge in [-0.3, -0.25) is 9.59 Å². The van der Waals surface area contributed by atoms with Crippen LogP contribution >= 0.6 is 11.6 Å². The standard InChI is InChI=1S/C31H37ClN2O3/c1-22(2)33-30(36)28(19-23-9-7-6-8-10-23)34(20-24-11-15-26(32)16-12-24)29(35)21-37-27-17-13-25(14-18-27)31(3,4)5/h6-18,22,28H,19-21H2,1-5H3,(H,33,36)/t28-/m1/s1. The van der Waals surface area contributed by atoms with Gasteiger partial charge < -0.3 is 15.0 Å². The number of carbonyl (C=O) groups excluding carboxylic acids is 2. The summed E-state index contributed by atoms with van der Waals surface area (Å²) in [5.41, 5.74) is 3.06. The van der Waals surface area contributed by atoms with Crippen molar-refractivity contribution >= 4 is 23.4 Å². The lowest BCUT2D eigenvalue weighted by Crippen LogP contribution is -2.52. The zero-order valence-electron chi connectivity index (χ0n) is 22.3. The molecule has 3 aromatic carbocycles. The van der Waals surface area contributed by atoms with E-state index in [1.54, 1.807) is 17.0 Å². The minimum atomic E-state index is -0.708. The molecule has 196 valence electrons. The minimum Gasteiger partial charge on any atom is -0.484 e. The van der Waals surface area contributed by atoms with Crippen LogP contribution in [0.5, 0.6) is 5.75 Å². The van der Waals surface area contributed by atoms with E-state index < -0.39 is 6.04 Å². The van der Waals surface area contributed by atoms with E-state index in [9.17, 15) is 9.59 Å². The molecule has 0 saturated heterocycles. The predicted octanol–water partition coefficient (Wildman–Crippen LogP) is 6.18. The quantitative estimate of drug-likeness (QED) is 0.347. The van der Waals surface area contributed by atoms with E-state index in [4.69, 9.17) is 16.3 Å². The van der Waals surface area contributed by atoms with Crippen LogP contribution in [0.15, 0.2) is 78.9 Å². The van der Waals surface area contributed by atoms with Crippen molar-refractivity contribution in [2.45, 2.75) is 65.1 Å². The molecule has 0 bridgehead atoms. The smallest absolute Gasteiger partial charge is 0.261 e. The van der Waals surface area contributed by atoms with Gasteiger partial charge in [-0.05, 0) is 60.2 Å². The number of nitrogens with zero attached hydrogens (tertiary/aromatic N) is 1. The molecule has 0 unspecified atom stereocenters. The summed E-state index contributed by atoms with van der Waals surface area (Å²) in [6.45, 7) is 10.3. The van der Waals surface area contributed by atoms with Crippen LogP contribution in [-0.2, 0) is 28.0 Å². The molecule has 0 aromatic heterocycles. The summed E-state index contributed by atoms with van der Waals surface area (Å²) >= 11 is 6.08. The molecule has 0 aliphatic carbocycles. The van der Waals surface area contributed by atoms with E-state index in [0.717, 1.165) is 11.1 Å². The van der Waals surface area contributed by atoms with Gasteiger partial charge in [-0.15, -0.1) is 0 Å². The molecular weight excluding hydrogens is 484 g/mol. The highest BCUT2D eigenvalue weighted by Crippen LogP contribution is 2.24. The second-order valence-corrected chi connectivity index (χ2v) is 11.0. The molecule has 2 amide bonds. The summed E-state index contributed by atoms with van der Waals surface area (Å²) in [6.07, 6.45) is 0.388. The van der Waals surface area contributed by atoms with E-state index in [1.807, 2.05) is 80.6 Å². The number of amides is 2. The number of halogens is 1. The molecular formula is C31H37ClN2O3. The second-order valence-electron chi connectivity index (χ2n) is 10.6. The molecule has 0 heterocycles. The molecule has 0 fully saturated rings. The Labute approximate surface area is 225 Å². The molecule has 0 radical (unpaired) electrons. The van der Waals surface area contributed by atoms with Crippen LogP contribution in [0.25, 0.3) is 0 Å². The number of hydrogen-bond acceptors (Lipinski definition) is 3. The Kier molecular flexibility index (Phi) is 9.76. The van der Waals surface area contributed by atoms with E-state index in [0.29, 0.717) is 17.2 Å². The van der Waals surface area contributed by atoms with Gasteiger partial charge in [0.25, 0.3) is 5.91 Å². The van der Waals surface area contributed by atoms with E-state index in [1.165, 1.54) is 5.56 Å². The summed E-state index contributed by atoms with van der Waals surface area (Å²) < 4.78 is 5.89. The fourth-order valence-electron chi connectivity index (χ4n) is 4.00. The molecule has 6 heteroatoms. The van der Waals surface area contributed by atoms with Crippen LogP contribution in [0.2, 0.25) is 5.02 Å². The summed E-state index contributed by atoms with van der Waals surface area (Å²) in [6, 6.07) is 24.1. The number of nitrogens with one attached hydrogen (secondary N) is 1. The van der Waals surface area contributed by atoms with Crippen LogP contribution in [-0.4, -0.2) is 35.4 Å². The topological polar surface area (TPSA) is 58.6 Å². The molecule has 1 atom stereocenters. The maximum Gasteiger partial charge on any atom is 0.261 e. The second kappa shape index (κ2) is 12.8. The molecule has 3 rings (SSSR count). The zero-order valence-corrected chi connectivity index (χ0v) is 23.1. The third-order valence-corrected chi connectivity index (χ3v) is 6.30. The van der Waals surface area contributed by atoms with Crippen LogP contribution < -0.4 is 10.1 Å². The Balaban J connectivity index is 1.87. The summed E-state index contributed by atoms with van der Waals surface area (Å²) in [4.78, 5) is 28.6. The van der Waals surface area contributed by atoms with Gasteiger partial charge in [0.2, 0.25) is 5.91 Å². The average Bonchev–Trinajstić information content (AvgIpc) is 2.85. The zero-order chi connectivity index (χ0) is 27.0. The fraction of sp³-hybridized carbons (Fsp3) is 0.355. The van der Waals surface area contributed by atoms with Crippen molar-refractivity contribution in [2.75, 3.05) is 6.61 Å². The van der Waals surface area contributed by atoms with Gasteiger partial charge >= 0.3 is 0 Å². The van der Waals surface area contributed by atoms with Crippen molar-refractivity contribution in [3.63, 3.8) is 0 Å². The van der Waals surface area contributed by atoms with Crippen molar-refractivity contribution in [1.82, 2.24) is 10.2 Å². The van der Waals surface area contributed by atoms with Gasteiger partial charge in [0.05, 0.1) is 0 Å². The lowest BCUT2D eigenvalue weighted by Gasteiger charge is -2.32. The van der Waals surface area contributed by atoms with E-state index in [2.05, 4.69) is 26.1 Å². The third-order valence-electron chi connectivity index (χ3n) is 6.05. The number of ether oxygens (including phenoxy) is 1. The Hall–Kier alpha value is -3.31. The molecule has 0 spiro atoms. The Morgan fingerprint density at radius 2 is 1.51 bits per heavy atom. The van der Waals surface area contributed by atoms with Crippen molar-refractivity contribution in [3.05, 3.63) is 101 Å². The van der Waals surface area contributed by atoms with Crippen molar-refractivity contribution in [2.24, 2.45) is 0 Å². The molecule has 3 aromatic rings. The number of hydrogen-bond donors (Lipinski definition) is 1. The maximum atomic E-state index is 13.6. The van der Waals surface area contributed by atoms with Crippen LogP contribution in [0.3, 0.4) is 0 Å². The predicted molar refractivity (Wildman–Crippen MR) is 150 cm³/mol. The first-order valence-corrected chi connectivity index (χ1v) is 13.0. The third kappa shape index (κ3) is 8.64. The average molecular weight is 521 g/mol. The normalized spacial score (nSPS) is 12.2. The number of carbonyl (C=O) groups is 2. The van der Waals surface area contributed by atoms with Gasteiger partial charge in [-0.25, -0.2) is 0 Å². The number of benzene rings is 3. The monoisotopic (exact) mass is 520 g/mol. The summed E-state index contributed by atoms with van der Waals surface area (Å²) in [5, 5.41) is 3.61. The summed E-state index contributed by atoms with van der Waals surface area (Å²) in [7, 11) is 0. The highest BCUT2D eigenvalue weighted by Gasteiger charge is 2.31. The highest BCUT2D eigenvalue weighted by molar-refractivity contribution is 6.30. The van der Waals surface area contributed by atoms with E-state index in [-0.39, 0.29) is 36.4 Å². The first-order chi connectivity index (χ1) is 17.5. The van der Waals surface area contributed by atoms with Gasteiger partial charge in [-0.1, -0.05) is 87.0 Å². The lowest BCUT2D eigenvalue weighted by atomic mass is 9.87. The molecule has 37 heavy (non-hydrogen) atoms. The fourth-order valence-corrected chi connectivity index (χ4v) is 4.13.